The monoisotopic (exact) mass is 874 g/mol. The van der Waals surface area contributed by atoms with Crippen LogP contribution in [0.15, 0.2) is 171 Å². The van der Waals surface area contributed by atoms with Crippen LogP contribution in [0.2, 0.25) is 5.02 Å². The van der Waals surface area contributed by atoms with E-state index in [-0.39, 0.29) is 17.5 Å². The highest BCUT2D eigenvalue weighted by molar-refractivity contribution is 7.88. The SMILES string of the molecule is CNc1nccc(C(c2ccc(Cl)cc2)C(c2cccnc2)c2cccnc2)n1.N#Cc1ccc(C(c2cccc(CS(N)(=O)=O)n2)C(c2cccnc2)c2cccnc2F)cc1. The smallest absolute Gasteiger partial charge is 0.222 e. The second-order valence-electron chi connectivity index (χ2n) is 14.4. The standard InChI is InChI=1S/C25H20FN5O2S.C23H20ClN5/c26-25-21(6-3-13-30-25)23(19-4-2-12-29-15-19)24(18-10-8-17(14-27)9-11-18)22-7-1-5-20(31-22)16-34(28,32)33;1-25-23-28-13-10-20(29-23)22(16-6-8-19(24)9-7-16)21(17-4-2-11-26-14-17)18-5-3-12-27-15-18/h1-13,15,23-24H,16H2,(H2,28,32,33);2-15,21-22H,1H3,(H,25,28,29). The van der Waals surface area contributed by atoms with Gasteiger partial charge in [-0.2, -0.15) is 9.65 Å². The van der Waals surface area contributed by atoms with Crippen molar-refractivity contribution in [1.82, 2.24) is 34.9 Å². The van der Waals surface area contributed by atoms with Crippen molar-refractivity contribution in [3.8, 4) is 6.07 Å². The lowest BCUT2D eigenvalue weighted by Gasteiger charge is -2.28. The molecule has 2 aromatic carbocycles. The molecule has 314 valence electrons. The van der Waals surface area contributed by atoms with Crippen LogP contribution in [0.25, 0.3) is 0 Å². The van der Waals surface area contributed by atoms with Gasteiger partial charge >= 0.3 is 0 Å². The van der Waals surface area contributed by atoms with E-state index in [4.69, 9.17) is 21.7 Å². The number of nitrogens with one attached hydrogen (secondary N) is 1. The Bertz CT molecular complexity index is 2850. The van der Waals surface area contributed by atoms with Gasteiger partial charge in [0.15, 0.2) is 0 Å². The molecule has 8 aromatic rings. The average Bonchev–Trinajstić information content (AvgIpc) is 3.31. The molecule has 0 aliphatic carbocycles. The van der Waals surface area contributed by atoms with Crippen LogP contribution in [0.3, 0.4) is 0 Å². The zero-order chi connectivity index (χ0) is 44.2. The molecule has 6 aromatic heterocycles. The van der Waals surface area contributed by atoms with Gasteiger partial charge in [0.05, 0.1) is 23.0 Å². The Morgan fingerprint density at radius 3 is 1.73 bits per heavy atom. The van der Waals surface area contributed by atoms with Crippen molar-refractivity contribution >= 4 is 27.6 Å². The average molecular weight is 875 g/mol. The minimum Gasteiger partial charge on any atom is -0.357 e. The van der Waals surface area contributed by atoms with E-state index in [2.05, 4.69) is 53.4 Å². The van der Waals surface area contributed by atoms with Gasteiger partial charge in [0.2, 0.25) is 21.9 Å². The van der Waals surface area contributed by atoms with Gasteiger partial charge < -0.3 is 5.32 Å². The molecule has 3 N–H and O–H groups in total. The van der Waals surface area contributed by atoms with E-state index in [1.165, 1.54) is 6.20 Å². The Labute approximate surface area is 369 Å². The molecule has 12 nitrogen and oxygen atoms in total. The summed E-state index contributed by atoms with van der Waals surface area (Å²) < 4.78 is 38.4. The first-order chi connectivity index (χ1) is 30.6. The maximum absolute atomic E-state index is 15.0. The first kappa shape index (κ1) is 43.8. The Morgan fingerprint density at radius 2 is 1.19 bits per heavy atom. The van der Waals surface area contributed by atoms with Crippen LogP contribution in [-0.2, 0) is 15.8 Å². The number of nitriles is 1. The van der Waals surface area contributed by atoms with Crippen LogP contribution in [0.1, 0.15) is 79.7 Å². The van der Waals surface area contributed by atoms with E-state index in [9.17, 15) is 13.7 Å². The van der Waals surface area contributed by atoms with E-state index in [0.717, 1.165) is 33.5 Å². The predicted octanol–water partition coefficient (Wildman–Crippen LogP) is 8.56. The molecule has 0 spiro atoms. The van der Waals surface area contributed by atoms with Crippen molar-refractivity contribution in [3.05, 3.63) is 238 Å². The van der Waals surface area contributed by atoms with Crippen LogP contribution < -0.4 is 10.5 Å². The summed E-state index contributed by atoms with van der Waals surface area (Å²) in [6, 6.07) is 38.9. The van der Waals surface area contributed by atoms with E-state index < -0.39 is 33.6 Å². The lowest BCUT2D eigenvalue weighted by molar-refractivity contribution is 0.540. The minimum atomic E-state index is -3.80. The molecule has 0 amide bonds. The number of primary sulfonamides is 1. The number of halogens is 2. The van der Waals surface area contributed by atoms with E-state index in [0.29, 0.717) is 27.8 Å². The molecule has 3 unspecified atom stereocenters. The molecule has 6 heterocycles. The van der Waals surface area contributed by atoms with Crippen LogP contribution in [0.4, 0.5) is 10.3 Å². The predicted molar refractivity (Wildman–Crippen MR) is 240 cm³/mol. The normalized spacial score (nSPS) is 12.6. The molecule has 63 heavy (non-hydrogen) atoms. The molecular weight excluding hydrogens is 835 g/mol. The third-order valence-electron chi connectivity index (χ3n) is 10.3. The van der Waals surface area contributed by atoms with E-state index >= 15 is 4.39 Å². The summed E-state index contributed by atoms with van der Waals surface area (Å²) >= 11 is 6.17. The summed E-state index contributed by atoms with van der Waals surface area (Å²) in [4.78, 5) is 30.4. The van der Waals surface area contributed by atoms with Gasteiger partial charge in [-0.05, 0) is 94.5 Å². The molecule has 0 radical (unpaired) electrons. The molecule has 0 aliphatic rings. The van der Waals surface area contributed by atoms with Crippen molar-refractivity contribution < 1.29 is 12.8 Å². The second kappa shape index (κ2) is 20.5. The number of hydrogen-bond acceptors (Lipinski definition) is 11. The third-order valence-corrected chi connectivity index (χ3v) is 11.2. The number of pyridine rings is 5. The summed E-state index contributed by atoms with van der Waals surface area (Å²) in [7, 11) is -1.99. The van der Waals surface area contributed by atoms with E-state index in [1.807, 2.05) is 68.0 Å². The zero-order valence-electron chi connectivity index (χ0n) is 33.8. The molecule has 0 fully saturated rings. The second-order valence-corrected chi connectivity index (χ2v) is 16.4. The summed E-state index contributed by atoms with van der Waals surface area (Å²) in [6.45, 7) is 0. The van der Waals surface area contributed by atoms with Crippen molar-refractivity contribution in [3.63, 3.8) is 0 Å². The van der Waals surface area contributed by atoms with Gasteiger partial charge in [-0.3, -0.25) is 19.9 Å². The van der Waals surface area contributed by atoms with Gasteiger partial charge in [-0.15, -0.1) is 0 Å². The lowest BCUT2D eigenvalue weighted by atomic mass is 9.76. The number of nitrogens with two attached hydrogens (primary N) is 1. The Kier molecular flexibility index (Phi) is 14.2. The summed E-state index contributed by atoms with van der Waals surface area (Å²) in [5.74, 6) is -1.72. The van der Waals surface area contributed by atoms with Crippen LogP contribution in [0, 0.1) is 17.3 Å². The largest absolute Gasteiger partial charge is 0.357 e. The maximum atomic E-state index is 15.0. The summed E-state index contributed by atoms with van der Waals surface area (Å²) in [6.07, 6.45) is 13.8. The first-order valence-corrected chi connectivity index (χ1v) is 21.7. The topological polar surface area (TPSA) is 186 Å². The fourth-order valence-corrected chi connectivity index (χ4v) is 8.27. The minimum absolute atomic E-state index is 0.0295. The maximum Gasteiger partial charge on any atom is 0.222 e. The molecule has 0 aliphatic heterocycles. The number of aromatic nitrogens is 7. The van der Waals surface area contributed by atoms with Gasteiger partial charge in [0.25, 0.3) is 0 Å². The Balaban J connectivity index is 0.000000191. The zero-order valence-corrected chi connectivity index (χ0v) is 35.4. The number of hydrogen-bond donors (Lipinski definition) is 2. The van der Waals surface area contributed by atoms with Crippen molar-refractivity contribution in [1.29, 1.82) is 5.26 Å². The fourth-order valence-electron chi connectivity index (χ4n) is 7.57. The molecule has 0 bridgehead atoms. The quantitative estimate of drug-likeness (QED) is 0.106. The van der Waals surface area contributed by atoms with E-state index in [1.54, 1.807) is 91.6 Å². The van der Waals surface area contributed by atoms with Gasteiger partial charge in [-0.1, -0.05) is 66.2 Å². The highest BCUT2D eigenvalue weighted by Gasteiger charge is 2.33. The molecule has 0 saturated heterocycles. The highest BCUT2D eigenvalue weighted by Crippen LogP contribution is 2.44. The molecular formula is C48H40ClFN10O2S. The van der Waals surface area contributed by atoms with Gasteiger partial charge in [0, 0.05) is 96.6 Å². The van der Waals surface area contributed by atoms with Crippen LogP contribution >= 0.6 is 11.6 Å². The lowest BCUT2D eigenvalue weighted by Crippen LogP contribution is -2.19. The number of sulfonamides is 1. The molecule has 15 heteroatoms. The van der Waals surface area contributed by atoms with Gasteiger partial charge in [-0.25, -0.2) is 28.5 Å². The van der Waals surface area contributed by atoms with Crippen molar-refractivity contribution in [2.75, 3.05) is 12.4 Å². The van der Waals surface area contributed by atoms with Crippen LogP contribution in [0.5, 0.6) is 0 Å². The number of anilines is 1. The fraction of sp³-hybridized carbons (Fsp3) is 0.125. The molecule has 0 saturated carbocycles. The first-order valence-electron chi connectivity index (χ1n) is 19.6. The number of benzene rings is 2. The van der Waals surface area contributed by atoms with Crippen LogP contribution in [-0.4, -0.2) is 50.4 Å². The van der Waals surface area contributed by atoms with Crippen molar-refractivity contribution in [2.45, 2.75) is 29.4 Å². The highest BCUT2D eigenvalue weighted by atomic mass is 35.5. The van der Waals surface area contributed by atoms with Gasteiger partial charge in [0.1, 0.15) is 5.75 Å². The number of rotatable bonds is 13. The third kappa shape index (κ3) is 11.2. The molecule has 3 atom stereocenters. The summed E-state index contributed by atoms with van der Waals surface area (Å²) in [5, 5.41) is 18.2. The Hall–Kier alpha value is -7.31. The molecule has 8 rings (SSSR count). The number of nitrogens with zero attached hydrogens (tertiary/aromatic N) is 8. The Morgan fingerprint density at radius 1 is 0.635 bits per heavy atom. The van der Waals surface area contributed by atoms with Crippen molar-refractivity contribution in [2.24, 2.45) is 5.14 Å². The summed E-state index contributed by atoms with van der Waals surface area (Å²) in [5.41, 5.74) is 7.27.